The number of nitrogens with zero attached hydrogens (tertiary/aromatic N) is 1. The Morgan fingerprint density at radius 3 is 2.38 bits per heavy atom. The maximum absolute atomic E-state index is 12.2. The van der Waals surface area contributed by atoms with Crippen molar-refractivity contribution in [1.29, 1.82) is 0 Å². The van der Waals surface area contributed by atoms with E-state index in [4.69, 9.17) is 9.47 Å². The number of carbonyl (C=O) groups is 3. The second-order valence-electron chi connectivity index (χ2n) is 6.32. The van der Waals surface area contributed by atoms with Gasteiger partial charge in [-0.15, -0.1) is 0 Å². The molecule has 0 bridgehead atoms. The topological polar surface area (TPSA) is 86.6 Å². The summed E-state index contributed by atoms with van der Waals surface area (Å²) in [6, 6.07) is 17.6. The van der Waals surface area contributed by atoms with Crippen LogP contribution in [0.2, 0.25) is 0 Å². The van der Waals surface area contributed by atoms with Crippen molar-refractivity contribution in [3.8, 4) is 11.5 Å². The van der Waals surface area contributed by atoms with Crippen molar-refractivity contribution < 1.29 is 23.9 Å². The van der Waals surface area contributed by atoms with Crippen molar-refractivity contribution in [1.82, 2.24) is 4.57 Å². The number of aromatic nitrogens is 1. The van der Waals surface area contributed by atoms with Crippen LogP contribution in [0.4, 0.5) is 5.69 Å². The Morgan fingerprint density at radius 1 is 1.00 bits per heavy atom. The van der Waals surface area contributed by atoms with Gasteiger partial charge < -0.3 is 19.4 Å². The molecule has 0 atom stereocenters. The van der Waals surface area contributed by atoms with Gasteiger partial charge in [0.1, 0.15) is 11.4 Å². The molecule has 0 unspecified atom stereocenters. The summed E-state index contributed by atoms with van der Waals surface area (Å²) in [6.45, 7) is 0.936. The largest absolute Gasteiger partial charge is 0.455 e. The van der Waals surface area contributed by atoms with Crippen molar-refractivity contribution in [2.45, 2.75) is 6.92 Å². The number of Topliss-reactive ketones (excluding diaryl/α,β-unsaturated/α-hetero) is 1. The van der Waals surface area contributed by atoms with Crippen molar-refractivity contribution in [3.63, 3.8) is 0 Å². The number of para-hydroxylation sites is 3. The number of ketones is 1. The molecule has 3 rings (SSSR count). The number of ether oxygens (including phenoxy) is 2. The molecule has 1 heterocycles. The SMILES string of the molecule is CC(=O)c1cc(C(=O)OCC(=O)Nc2ccccc2Oc2ccccc2)n(C)c1. The van der Waals surface area contributed by atoms with Gasteiger partial charge >= 0.3 is 5.97 Å². The summed E-state index contributed by atoms with van der Waals surface area (Å²) in [6.07, 6.45) is 1.54. The van der Waals surface area contributed by atoms with Crippen LogP contribution in [0.25, 0.3) is 0 Å². The summed E-state index contributed by atoms with van der Waals surface area (Å²) >= 11 is 0. The third-order valence-electron chi connectivity index (χ3n) is 4.09. The zero-order valence-corrected chi connectivity index (χ0v) is 16.0. The van der Waals surface area contributed by atoms with Crippen LogP contribution in [0.15, 0.2) is 66.9 Å². The standard InChI is InChI=1S/C22H20N2O5/c1-15(25)16-12-19(24(2)13-16)22(27)28-14-21(26)23-18-10-6-7-11-20(18)29-17-8-4-3-5-9-17/h3-13H,14H2,1-2H3,(H,23,26). The quantitative estimate of drug-likeness (QED) is 0.488. The third-order valence-corrected chi connectivity index (χ3v) is 4.09. The van der Waals surface area contributed by atoms with Crippen LogP contribution in [-0.4, -0.2) is 28.8 Å². The van der Waals surface area contributed by atoms with Crippen LogP contribution in [0.5, 0.6) is 11.5 Å². The number of rotatable bonds is 7. The van der Waals surface area contributed by atoms with E-state index in [1.54, 1.807) is 43.4 Å². The van der Waals surface area contributed by atoms with E-state index in [0.29, 0.717) is 22.7 Å². The van der Waals surface area contributed by atoms with Gasteiger partial charge in [-0.1, -0.05) is 30.3 Å². The minimum absolute atomic E-state index is 0.160. The number of aryl methyl sites for hydroxylation is 1. The van der Waals surface area contributed by atoms with Crippen LogP contribution in [-0.2, 0) is 16.6 Å². The number of hydrogen-bond acceptors (Lipinski definition) is 5. The first-order valence-electron chi connectivity index (χ1n) is 8.90. The minimum Gasteiger partial charge on any atom is -0.455 e. The number of anilines is 1. The molecule has 0 aliphatic carbocycles. The fourth-order valence-electron chi connectivity index (χ4n) is 2.63. The van der Waals surface area contributed by atoms with E-state index in [1.165, 1.54) is 23.8 Å². The third kappa shape index (κ3) is 5.10. The lowest BCUT2D eigenvalue weighted by Gasteiger charge is -2.12. The first kappa shape index (κ1) is 19.9. The molecular formula is C22H20N2O5. The highest BCUT2D eigenvalue weighted by atomic mass is 16.5. The van der Waals surface area contributed by atoms with E-state index in [0.717, 1.165) is 0 Å². The van der Waals surface area contributed by atoms with Gasteiger partial charge in [0.2, 0.25) is 0 Å². The summed E-state index contributed by atoms with van der Waals surface area (Å²) in [4.78, 5) is 35.9. The van der Waals surface area contributed by atoms with Crippen molar-refractivity contribution in [2.24, 2.45) is 7.05 Å². The van der Waals surface area contributed by atoms with Crippen molar-refractivity contribution in [3.05, 3.63) is 78.1 Å². The van der Waals surface area contributed by atoms with Crippen LogP contribution in [0.3, 0.4) is 0 Å². The zero-order valence-electron chi connectivity index (χ0n) is 16.0. The normalized spacial score (nSPS) is 10.3. The Morgan fingerprint density at radius 2 is 1.69 bits per heavy atom. The Kier molecular flexibility index (Phi) is 6.09. The van der Waals surface area contributed by atoms with Gasteiger partial charge in [-0.2, -0.15) is 0 Å². The molecule has 0 radical (unpaired) electrons. The molecule has 7 nitrogen and oxygen atoms in total. The average Bonchev–Trinajstić information content (AvgIpc) is 3.11. The lowest BCUT2D eigenvalue weighted by molar-refractivity contribution is -0.119. The number of carbonyl (C=O) groups excluding carboxylic acids is 3. The number of nitrogens with one attached hydrogen (secondary N) is 1. The molecular weight excluding hydrogens is 372 g/mol. The summed E-state index contributed by atoms with van der Waals surface area (Å²) in [5.74, 6) is -0.266. The fraction of sp³-hybridized carbons (Fsp3) is 0.136. The summed E-state index contributed by atoms with van der Waals surface area (Å²) in [7, 11) is 1.63. The number of benzene rings is 2. The molecule has 1 N–H and O–H groups in total. The summed E-state index contributed by atoms with van der Waals surface area (Å²) in [5, 5.41) is 2.67. The average molecular weight is 392 g/mol. The number of esters is 1. The molecule has 1 aromatic heterocycles. The van der Waals surface area contributed by atoms with Crippen LogP contribution >= 0.6 is 0 Å². The molecule has 2 aromatic carbocycles. The predicted octanol–water partition coefficient (Wildman–Crippen LogP) is 3.82. The molecule has 148 valence electrons. The highest BCUT2D eigenvalue weighted by molar-refractivity contribution is 5.99. The van der Waals surface area contributed by atoms with E-state index >= 15 is 0 Å². The first-order valence-corrected chi connectivity index (χ1v) is 8.90. The Hall–Kier alpha value is -3.87. The van der Waals surface area contributed by atoms with E-state index < -0.39 is 18.5 Å². The van der Waals surface area contributed by atoms with Crippen molar-refractivity contribution >= 4 is 23.3 Å². The van der Waals surface area contributed by atoms with Gasteiger partial charge in [0, 0.05) is 18.8 Å². The van der Waals surface area contributed by atoms with Gasteiger partial charge in [-0.3, -0.25) is 9.59 Å². The van der Waals surface area contributed by atoms with Crippen LogP contribution < -0.4 is 10.1 Å². The van der Waals surface area contributed by atoms with Crippen LogP contribution in [0, 0.1) is 0 Å². The summed E-state index contributed by atoms with van der Waals surface area (Å²) < 4.78 is 12.3. The lowest BCUT2D eigenvalue weighted by atomic mass is 10.2. The van der Waals surface area contributed by atoms with E-state index in [-0.39, 0.29) is 11.5 Å². The second kappa shape index (κ2) is 8.88. The molecule has 0 fully saturated rings. The zero-order chi connectivity index (χ0) is 20.8. The van der Waals surface area contributed by atoms with Gasteiger partial charge in [0.25, 0.3) is 5.91 Å². The molecule has 0 spiro atoms. The monoisotopic (exact) mass is 392 g/mol. The maximum atomic E-state index is 12.2. The Labute approximate surface area is 167 Å². The summed E-state index contributed by atoms with van der Waals surface area (Å²) in [5.41, 5.74) is 1.04. The molecule has 1 amide bonds. The molecule has 3 aromatic rings. The molecule has 7 heteroatoms. The maximum Gasteiger partial charge on any atom is 0.355 e. The number of hydrogen-bond donors (Lipinski definition) is 1. The van der Waals surface area contributed by atoms with Crippen LogP contribution in [0.1, 0.15) is 27.8 Å². The lowest BCUT2D eigenvalue weighted by Crippen LogP contribution is -2.22. The fourth-order valence-corrected chi connectivity index (χ4v) is 2.63. The molecule has 0 aliphatic heterocycles. The Balaban J connectivity index is 1.61. The first-order chi connectivity index (χ1) is 13.9. The minimum atomic E-state index is -0.691. The van der Waals surface area contributed by atoms with Gasteiger partial charge in [-0.05, 0) is 37.3 Å². The number of amides is 1. The van der Waals surface area contributed by atoms with E-state index in [9.17, 15) is 14.4 Å². The van der Waals surface area contributed by atoms with E-state index in [2.05, 4.69) is 5.32 Å². The van der Waals surface area contributed by atoms with Gasteiger partial charge in [0.05, 0.1) is 5.69 Å². The Bertz CT molecular complexity index is 1040. The molecule has 0 saturated heterocycles. The van der Waals surface area contributed by atoms with Gasteiger partial charge in [0.15, 0.2) is 18.1 Å². The van der Waals surface area contributed by atoms with Gasteiger partial charge in [-0.25, -0.2) is 4.79 Å². The highest BCUT2D eigenvalue weighted by Crippen LogP contribution is 2.29. The molecule has 0 aliphatic rings. The highest BCUT2D eigenvalue weighted by Gasteiger charge is 2.17. The smallest absolute Gasteiger partial charge is 0.355 e. The second-order valence-corrected chi connectivity index (χ2v) is 6.32. The van der Waals surface area contributed by atoms with E-state index in [1.807, 2.05) is 18.2 Å². The molecule has 0 saturated carbocycles. The molecule has 29 heavy (non-hydrogen) atoms. The van der Waals surface area contributed by atoms with Crippen molar-refractivity contribution in [2.75, 3.05) is 11.9 Å². The predicted molar refractivity (Wildman–Crippen MR) is 107 cm³/mol.